The molecule has 0 saturated heterocycles. The van der Waals surface area contributed by atoms with Crippen LogP contribution in [-0.4, -0.2) is 28.1 Å². The Hall–Kier alpha value is -1.03. The van der Waals surface area contributed by atoms with Gasteiger partial charge in [-0.1, -0.05) is 20.8 Å². The first-order chi connectivity index (χ1) is 7.90. The van der Waals surface area contributed by atoms with E-state index >= 15 is 0 Å². The van der Waals surface area contributed by atoms with E-state index in [1.165, 1.54) is 0 Å². The van der Waals surface area contributed by atoms with Crippen LogP contribution in [0.25, 0.3) is 0 Å². The molecule has 0 spiro atoms. The van der Waals surface area contributed by atoms with Crippen molar-refractivity contribution >= 4 is 0 Å². The van der Waals surface area contributed by atoms with Crippen LogP contribution >= 0.6 is 0 Å². The molecule has 17 heavy (non-hydrogen) atoms. The van der Waals surface area contributed by atoms with E-state index in [0.29, 0.717) is 0 Å². The highest BCUT2D eigenvalue weighted by molar-refractivity contribution is 5.25. The SMILES string of the molecule is CCn1ncc(OC)c1CCC(O)C(C)(C)C. The van der Waals surface area contributed by atoms with Gasteiger partial charge in [-0.15, -0.1) is 0 Å². The zero-order chi connectivity index (χ0) is 13.1. The maximum atomic E-state index is 10.0. The summed E-state index contributed by atoms with van der Waals surface area (Å²) < 4.78 is 7.21. The Morgan fingerprint density at radius 3 is 2.59 bits per heavy atom. The number of nitrogens with zero attached hydrogens (tertiary/aromatic N) is 2. The van der Waals surface area contributed by atoms with Crippen molar-refractivity contribution in [2.45, 2.75) is 53.2 Å². The maximum absolute atomic E-state index is 10.0. The first kappa shape index (κ1) is 14.0. The fraction of sp³-hybridized carbons (Fsp3) is 0.769. The molecule has 0 aliphatic rings. The van der Waals surface area contributed by atoms with Crippen molar-refractivity contribution in [1.29, 1.82) is 0 Å². The van der Waals surface area contributed by atoms with Crippen molar-refractivity contribution in [3.63, 3.8) is 0 Å². The molecule has 98 valence electrons. The van der Waals surface area contributed by atoms with Gasteiger partial charge in [-0.3, -0.25) is 4.68 Å². The van der Waals surface area contributed by atoms with E-state index in [2.05, 4.69) is 12.0 Å². The van der Waals surface area contributed by atoms with Crippen LogP contribution in [0.4, 0.5) is 0 Å². The van der Waals surface area contributed by atoms with Gasteiger partial charge in [-0.25, -0.2) is 0 Å². The topological polar surface area (TPSA) is 47.3 Å². The van der Waals surface area contributed by atoms with Gasteiger partial charge in [0.1, 0.15) is 0 Å². The molecule has 0 aromatic carbocycles. The summed E-state index contributed by atoms with van der Waals surface area (Å²) in [6, 6.07) is 0. The smallest absolute Gasteiger partial charge is 0.159 e. The molecule has 1 heterocycles. The Kier molecular flexibility index (Phi) is 4.57. The number of hydrogen-bond donors (Lipinski definition) is 1. The summed E-state index contributed by atoms with van der Waals surface area (Å²) in [7, 11) is 1.65. The third-order valence-corrected chi connectivity index (χ3v) is 3.08. The molecule has 1 aromatic rings. The van der Waals surface area contributed by atoms with Crippen molar-refractivity contribution < 1.29 is 9.84 Å². The first-order valence-corrected chi connectivity index (χ1v) is 6.16. The lowest BCUT2D eigenvalue weighted by atomic mass is 9.86. The number of rotatable bonds is 5. The Balaban J connectivity index is 2.71. The average Bonchev–Trinajstić information content (AvgIpc) is 2.66. The summed E-state index contributed by atoms with van der Waals surface area (Å²) in [6.45, 7) is 9.02. The summed E-state index contributed by atoms with van der Waals surface area (Å²) >= 11 is 0. The summed E-state index contributed by atoms with van der Waals surface area (Å²) in [4.78, 5) is 0. The largest absolute Gasteiger partial charge is 0.493 e. The van der Waals surface area contributed by atoms with Gasteiger partial charge in [-0.2, -0.15) is 5.10 Å². The minimum absolute atomic E-state index is 0.0791. The van der Waals surface area contributed by atoms with Gasteiger partial charge < -0.3 is 9.84 Å². The summed E-state index contributed by atoms with van der Waals surface area (Å²) in [6.07, 6.45) is 2.94. The Bertz CT molecular complexity index is 331. The van der Waals surface area contributed by atoms with Gasteiger partial charge in [-0.05, 0) is 25.2 Å². The van der Waals surface area contributed by atoms with Gasteiger partial charge >= 0.3 is 0 Å². The van der Waals surface area contributed by atoms with Gasteiger partial charge in [0.25, 0.3) is 0 Å². The zero-order valence-corrected chi connectivity index (χ0v) is 11.5. The third-order valence-electron chi connectivity index (χ3n) is 3.08. The van der Waals surface area contributed by atoms with Gasteiger partial charge in [0.2, 0.25) is 0 Å². The van der Waals surface area contributed by atoms with Crippen LogP contribution in [0.2, 0.25) is 0 Å². The van der Waals surface area contributed by atoms with E-state index in [0.717, 1.165) is 30.8 Å². The van der Waals surface area contributed by atoms with Crippen molar-refractivity contribution in [2.24, 2.45) is 5.41 Å². The minimum Gasteiger partial charge on any atom is -0.493 e. The van der Waals surface area contributed by atoms with Crippen molar-refractivity contribution in [1.82, 2.24) is 9.78 Å². The maximum Gasteiger partial charge on any atom is 0.159 e. The molecule has 1 rings (SSSR count). The molecule has 1 N–H and O–H groups in total. The number of aliphatic hydroxyl groups is 1. The zero-order valence-electron chi connectivity index (χ0n) is 11.5. The number of aryl methyl sites for hydroxylation is 1. The fourth-order valence-corrected chi connectivity index (χ4v) is 1.80. The second kappa shape index (κ2) is 5.54. The van der Waals surface area contributed by atoms with E-state index < -0.39 is 0 Å². The molecular formula is C13H24N2O2. The van der Waals surface area contributed by atoms with Crippen LogP contribution < -0.4 is 4.74 Å². The third kappa shape index (κ3) is 3.46. The first-order valence-electron chi connectivity index (χ1n) is 6.16. The number of methoxy groups -OCH3 is 1. The molecule has 0 aliphatic carbocycles. The number of aliphatic hydroxyl groups excluding tert-OH is 1. The average molecular weight is 240 g/mol. The predicted molar refractivity (Wildman–Crippen MR) is 68.2 cm³/mol. The Labute approximate surface area is 104 Å². The number of ether oxygens (including phenoxy) is 1. The molecule has 1 aromatic heterocycles. The van der Waals surface area contributed by atoms with Crippen LogP contribution in [0.1, 0.15) is 39.8 Å². The molecule has 1 unspecified atom stereocenters. The van der Waals surface area contributed by atoms with Crippen LogP contribution in [0.15, 0.2) is 6.20 Å². The van der Waals surface area contributed by atoms with Crippen LogP contribution in [-0.2, 0) is 13.0 Å². The molecule has 0 bridgehead atoms. The van der Waals surface area contributed by atoms with Crippen molar-refractivity contribution in [3.05, 3.63) is 11.9 Å². The van der Waals surface area contributed by atoms with E-state index in [1.807, 2.05) is 25.5 Å². The van der Waals surface area contributed by atoms with Crippen molar-refractivity contribution in [2.75, 3.05) is 7.11 Å². The van der Waals surface area contributed by atoms with E-state index in [9.17, 15) is 5.11 Å². The molecule has 0 radical (unpaired) electrons. The lowest BCUT2D eigenvalue weighted by molar-refractivity contribution is 0.0554. The molecule has 0 fully saturated rings. The molecule has 1 atom stereocenters. The van der Waals surface area contributed by atoms with Crippen LogP contribution in [0, 0.1) is 5.41 Å². The standard InChI is InChI=1S/C13H24N2O2/c1-6-15-10(11(17-5)9-14-15)7-8-12(16)13(2,3)4/h9,12,16H,6-8H2,1-5H3. The summed E-state index contributed by atoms with van der Waals surface area (Å²) in [5.41, 5.74) is 0.989. The summed E-state index contributed by atoms with van der Waals surface area (Å²) in [5, 5.41) is 14.3. The van der Waals surface area contributed by atoms with E-state index in [-0.39, 0.29) is 11.5 Å². The Morgan fingerprint density at radius 1 is 1.47 bits per heavy atom. The van der Waals surface area contributed by atoms with Crippen molar-refractivity contribution in [3.8, 4) is 5.75 Å². The quantitative estimate of drug-likeness (QED) is 0.858. The monoisotopic (exact) mass is 240 g/mol. The number of aromatic nitrogens is 2. The minimum atomic E-state index is -0.313. The second-order valence-electron chi connectivity index (χ2n) is 5.40. The van der Waals surface area contributed by atoms with E-state index in [4.69, 9.17) is 4.74 Å². The van der Waals surface area contributed by atoms with Gasteiger partial charge in [0.15, 0.2) is 5.75 Å². The van der Waals surface area contributed by atoms with Gasteiger partial charge in [0.05, 0.1) is 25.1 Å². The number of hydrogen-bond acceptors (Lipinski definition) is 3. The molecule has 4 nitrogen and oxygen atoms in total. The lowest BCUT2D eigenvalue weighted by Crippen LogP contribution is -2.26. The Morgan fingerprint density at radius 2 is 2.12 bits per heavy atom. The highest BCUT2D eigenvalue weighted by Gasteiger charge is 2.23. The van der Waals surface area contributed by atoms with E-state index in [1.54, 1.807) is 13.3 Å². The van der Waals surface area contributed by atoms with Crippen LogP contribution in [0.3, 0.4) is 0 Å². The fourth-order valence-electron chi connectivity index (χ4n) is 1.80. The highest BCUT2D eigenvalue weighted by Crippen LogP contribution is 2.25. The summed E-state index contributed by atoms with van der Waals surface area (Å²) in [5.74, 6) is 0.813. The normalized spacial score (nSPS) is 13.8. The lowest BCUT2D eigenvalue weighted by Gasteiger charge is -2.25. The molecule has 0 aliphatic heterocycles. The predicted octanol–water partition coefficient (Wildman–Crippen LogP) is 2.25. The van der Waals surface area contributed by atoms with Gasteiger partial charge in [0, 0.05) is 6.54 Å². The van der Waals surface area contributed by atoms with Crippen LogP contribution in [0.5, 0.6) is 5.75 Å². The molecule has 4 heteroatoms. The molecular weight excluding hydrogens is 216 g/mol. The highest BCUT2D eigenvalue weighted by atomic mass is 16.5. The molecule has 0 amide bonds. The molecule has 0 saturated carbocycles. The second-order valence-corrected chi connectivity index (χ2v) is 5.40.